The lowest BCUT2D eigenvalue weighted by molar-refractivity contribution is 0.206. The molecule has 0 bridgehead atoms. The summed E-state index contributed by atoms with van der Waals surface area (Å²) in [5.74, 6) is 1.38. The first kappa shape index (κ1) is 14.7. The van der Waals surface area contributed by atoms with E-state index >= 15 is 0 Å². The zero-order chi connectivity index (χ0) is 15.5. The average Bonchev–Trinajstić information content (AvgIpc) is 3.20. The molecule has 6 heteroatoms. The molecular weight excluding hydrogens is 280 g/mol. The molecule has 1 fully saturated rings. The van der Waals surface area contributed by atoms with Gasteiger partial charge in [-0.25, -0.2) is 4.79 Å². The molecule has 3 heterocycles. The van der Waals surface area contributed by atoms with Crippen molar-refractivity contribution in [3.05, 3.63) is 41.6 Å². The smallest absolute Gasteiger partial charge is 0.317 e. The van der Waals surface area contributed by atoms with Crippen molar-refractivity contribution in [2.24, 2.45) is 13.0 Å². The van der Waals surface area contributed by atoms with Crippen LogP contribution in [0.2, 0.25) is 0 Å². The summed E-state index contributed by atoms with van der Waals surface area (Å²) in [6.07, 6.45) is 7.64. The highest BCUT2D eigenvalue weighted by molar-refractivity contribution is 5.74. The molecule has 1 N–H and O–H groups in total. The minimum absolute atomic E-state index is 0.00860. The van der Waals surface area contributed by atoms with E-state index in [9.17, 15) is 4.79 Å². The van der Waals surface area contributed by atoms with Gasteiger partial charge < -0.3 is 14.6 Å². The number of rotatable bonds is 4. The number of nitrogens with one attached hydrogen (secondary N) is 1. The van der Waals surface area contributed by atoms with Gasteiger partial charge in [0.25, 0.3) is 0 Å². The lowest BCUT2D eigenvalue weighted by atomic mass is 10.0. The second-order valence-corrected chi connectivity index (χ2v) is 5.99. The van der Waals surface area contributed by atoms with Gasteiger partial charge in [0, 0.05) is 38.4 Å². The second kappa shape index (κ2) is 6.25. The Balaban J connectivity index is 1.47. The minimum Gasteiger partial charge on any atom is -0.469 e. The molecule has 2 aromatic heterocycles. The van der Waals surface area contributed by atoms with Crippen molar-refractivity contribution in [2.75, 3.05) is 13.1 Å². The van der Waals surface area contributed by atoms with Crippen LogP contribution in [-0.2, 0) is 20.0 Å². The number of carbonyl (C=O) groups is 1. The van der Waals surface area contributed by atoms with Crippen molar-refractivity contribution in [1.29, 1.82) is 0 Å². The Morgan fingerprint density at radius 1 is 1.55 bits per heavy atom. The normalized spacial score (nSPS) is 17.9. The van der Waals surface area contributed by atoms with Crippen LogP contribution in [0.5, 0.6) is 0 Å². The largest absolute Gasteiger partial charge is 0.469 e. The predicted molar refractivity (Wildman–Crippen MR) is 82.3 cm³/mol. The number of amides is 2. The summed E-state index contributed by atoms with van der Waals surface area (Å²) in [6, 6.07) is 1.90. The van der Waals surface area contributed by atoms with Gasteiger partial charge in [0.15, 0.2) is 0 Å². The maximum absolute atomic E-state index is 12.2. The van der Waals surface area contributed by atoms with Gasteiger partial charge in [-0.2, -0.15) is 5.10 Å². The van der Waals surface area contributed by atoms with E-state index in [2.05, 4.69) is 10.4 Å². The lowest BCUT2D eigenvalue weighted by Crippen LogP contribution is -2.38. The quantitative estimate of drug-likeness (QED) is 0.940. The Morgan fingerprint density at radius 3 is 3.09 bits per heavy atom. The number of hydrogen-bond donors (Lipinski definition) is 1. The van der Waals surface area contributed by atoms with E-state index in [0.717, 1.165) is 37.3 Å². The Morgan fingerprint density at radius 2 is 2.41 bits per heavy atom. The molecule has 118 valence electrons. The summed E-state index contributed by atoms with van der Waals surface area (Å²) in [7, 11) is 1.93. The Bertz CT molecular complexity index is 646. The zero-order valence-corrected chi connectivity index (χ0v) is 13.1. The molecule has 2 amide bonds. The van der Waals surface area contributed by atoms with Gasteiger partial charge in [0.2, 0.25) is 0 Å². The van der Waals surface area contributed by atoms with Crippen LogP contribution in [-0.4, -0.2) is 33.8 Å². The summed E-state index contributed by atoms with van der Waals surface area (Å²) in [4.78, 5) is 14.1. The molecule has 22 heavy (non-hydrogen) atoms. The van der Waals surface area contributed by atoms with Gasteiger partial charge in [-0.1, -0.05) is 0 Å². The third kappa shape index (κ3) is 3.32. The van der Waals surface area contributed by atoms with Crippen LogP contribution < -0.4 is 5.32 Å². The van der Waals surface area contributed by atoms with Gasteiger partial charge in [-0.15, -0.1) is 0 Å². The molecule has 1 atom stereocenters. The van der Waals surface area contributed by atoms with Gasteiger partial charge in [0.05, 0.1) is 12.5 Å². The highest BCUT2D eigenvalue weighted by Gasteiger charge is 2.26. The summed E-state index contributed by atoms with van der Waals surface area (Å²) in [5.41, 5.74) is 2.27. The molecule has 0 aliphatic carbocycles. The SMILES string of the molecule is Cc1occc1CNC(=O)N1CC[C@@H](Cc2cnn(C)c2)C1. The van der Waals surface area contributed by atoms with E-state index in [4.69, 9.17) is 4.42 Å². The third-order valence-electron chi connectivity index (χ3n) is 4.25. The second-order valence-electron chi connectivity index (χ2n) is 5.99. The maximum Gasteiger partial charge on any atom is 0.317 e. The molecule has 1 saturated heterocycles. The number of aryl methyl sites for hydroxylation is 2. The molecule has 0 saturated carbocycles. The number of carbonyl (C=O) groups excluding carboxylic acids is 1. The third-order valence-corrected chi connectivity index (χ3v) is 4.25. The predicted octanol–water partition coefficient (Wildman–Crippen LogP) is 2.10. The van der Waals surface area contributed by atoms with E-state index in [1.807, 2.05) is 42.0 Å². The first-order valence-corrected chi connectivity index (χ1v) is 7.65. The Hall–Kier alpha value is -2.24. The molecule has 0 spiro atoms. The van der Waals surface area contributed by atoms with Crippen LogP contribution in [0, 0.1) is 12.8 Å². The van der Waals surface area contributed by atoms with Crippen molar-refractivity contribution in [2.45, 2.75) is 26.3 Å². The van der Waals surface area contributed by atoms with E-state index in [1.165, 1.54) is 5.56 Å². The molecule has 1 aliphatic rings. The van der Waals surface area contributed by atoms with Gasteiger partial charge in [-0.3, -0.25) is 4.68 Å². The van der Waals surface area contributed by atoms with Crippen LogP contribution >= 0.6 is 0 Å². The van der Waals surface area contributed by atoms with Gasteiger partial charge in [-0.05, 0) is 37.3 Å². The molecule has 6 nitrogen and oxygen atoms in total. The number of furan rings is 1. The summed E-state index contributed by atoms with van der Waals surface area (Å²) < 4.78 is 7.06. The molecule has 0 unspecified atom stereocenters. The fraction of sp³-hybridized carbons (Fsp3) is 0.500. The highest BCUT2D eigenvalue weighted by atomic mass is 16.3. The number of likely N-dealkylation sites (tertiary alicyclic amines) is 1. The van der Waals surface area contributed by atoms with E-state index < -0.39 is 0 Å². The molecule has 0 radical (unpaired) electrons. The minimum atomic E-state index is 0.00860. The number of hydrogen-bond acceptors (Lipinski definition) is 3. The molecule has 2 aromatic rings. The molecular formula is C16H22N4O2. The Kier molecular flexibility index (Phi) is 4.18. The molecule has 3 rings (SSSR count). The van der Waals surface area contributed by atoms with Gasteiger partial charge in [0.1, 0.15) is 5.76 Å². The van der Waals surface area contributed by atoms with E-state index in [0.29, 0.717) is 12.5 Å². The summed E-state index contributed by atoms with van der Waals surface area (Å²) in [5, 5.41) is 7.16. The van der Waals surface area contributed by atoms with Crippen molar-refractivity contribution in [3.8, 4) is 0 Å². The number of aromatic nitrogens is 2. The standard InChI is InChI=1S/C16H22N4O2/c1-12-15(4-6-22-12)9-17-16(21)20-5-3-13(11-20)7-14-8-18-19(2)10-14/h4,6,8,10,13H,3,5,7,9,11H2,1-2H3,(H,17,21)/t13-/m0/s1. The van der Waals surface area contributed by atoms with Crippen molar-refractivity contribution in [1.82, 2.24) is 20.0 Å². The van der Waals surface area contributed by atoms with Crippen molar-refractivity contribution in [3.63, 3.8) is 0 Å². The highest BCUT2D eigenvalue weighted by Crippen LogP contribution is 2.20. The molecule has 1 aliphatic heterocycles. The van der Waals surface area contributed by atoms with Crippen LogP contribution in [0.3, 0.4) is 0 Å². The first-order valence-electron chi connectivity index (χ1n) is 7.65. The van der Waals surface area contributed by atoms with E-state index in [1.54, 1.807) is 6.26 Å². The van der Waals surface area contributed by atoms with Crippen LogP contribution in [0.15, 0.2) is 29.1 Å². The summed E-state index contributed by atoms with van der Waals surface area (Å²) in [6.45, 7) is 4.05. The summed E-state index contributed by atoms with van der Waals surface area (Å²) >= 11 is 0. The average molecular weight is 302 g/mol. The topological polar surface area (TPSA) is 63.3 Å². The van der Waals surface area contributed by atoms with Crippen molar-refractivity contribution >= 4 is 6.03 Å². The molecule has 0 aromatic carbocycles. The fourth-order valence-electron chi connectivity index (χ4n) is 2.97. The Labute approximate surface area is 130 Å². The van der Waals surface area contributed by atoms with Crippen LogP contribution in [0.1, 0.15) is 23.3 Å². The zero-order valence-electron chi connectivity index (χ0n) is 13.1. The van der Waals surface area contributed by atoms with Crippen LogP contribution in [0.4, 0.5) is 4.79 Å². The number of urea groups is 1. The van der Waals surface area contributed by atoms with Crippen LogP contribution in [0.25, 0.3) is 0 Å². The number of nitrogens with zero attached hydrogens (tertiary/aromatic N) is 3. The lowest BCUT2D eigenvalue weighted by Gasteiger charge is -2.17. The van der Waals surface area contributed by atoms with Crippen molar-refractivity contribution < 1.29 is 9.21 Å². The van der Waals surface area contributed by atoms with Gasteiger partial charge >= 0.3 is 6.03 Å². The monoisotopic (exact) mass is 302 g/mol. The fourth-order valence-corrected chi connectivity index (χ4v) is 2.97. The first-order chi connectivity index (χ1) is 10.6. The van der Waals surface area contributed by atoms with E-state index in [-0.39, 0.29) is 6.03 Å². The maximum atomic E-state index is 12.2.